The van der Waals surface area contributed by atoms with Gasteiger partial charge in [0.05, 0.1) is 12.3 Å². The molecule has 1 N–H and O–H groups in total. The van der Waals surface area contributed by atoms with Gasteiger partial charge in [-0.1, -0.05) is 19.1 Å². The second-order valence-electron chi connectivity index (χ2n) is 5.23. The van der Waals surface area contributed by atoms with Crippen LogP contribution in [0.25, 0.3) is 11.4 Å². The second kappa shape index (κ2) is 7.18. The van der Waals surface area contributed by atoms with Crippen LogP contribution in [0.5, 0.6) is 0 Å². The van der Waals surface area contributed by atoms with Gasteiger partial charge in [-0.15, -0.1) is 0 Å². The number of nitrogens with zero attached hydrogens (tertiary/aromatic N) is 2. The first-order chi connectivity index (χ1) is 10.1. The standard InChI is InChI=1S/C17H23N3O/c1-5-8-18-16-10-15(11-21-4)19-17(20-16)14-7-6-12(2)13(3)9-14/h6-7,9-10H,5,8,11H2,1-4H3,(H,18,19,20). The fourth-order valence-corrected chi connectivity index (χ4v) is 2.07. The SMILES string of the molecule is CCCNc1cc(COC)nc(-c2ccc(C)c(C)c2)n1. The molecule has 1 aromatic heterocycles. The van der Waals surface area contributed by atoms with Crippen molar-refractivity contribution < 1.29 is 4.74 Å². The molecule has 0 bridgehead atoms. The molecule has 4 heteroatoms. The number of anilines is 1. The number of rotatable bonds is 6. The van der Waals surface area contributed by atoms with E-state index >= 15 is 0 Å². The van der Waals surface area contributed by atoms with Crippen LogP contribution in [-0.4, -0.2) is 23.6 Å². The van der Waals surface area contributed by atoms with E-state index in [0.29, 0.717) is 6.61 Å². The molecule has 1 aromatic carbocycles. The van der Waals surface area contributed by atoms with Gasteiger partial charge >= 0.3 is 0 Å². The maximum Gasteiger partial charge on any atom is 0.161 e. The monoisotopic (exact) mass is 285 g/mol. The van der Waals surface area contributed by atoms with Crippen molar-refractivity contribution in [2.45, 2.75) is 33.8 Å². The Balaban J connectivity index is 2.40. The third-order valence-electron chi connectivity index (χ3n) is 3.39. The summed E-state index contributed by atoms with van der Waals surface area (Å²) >= 11 is 0. The van der Waals surface area contributed by atoms with Crippen molar-refractivity contribution in [3.05, 3.63) is 41.1 Å². The molecule has 0 radical (unpaired) electrons. The van der Waals surface area contributed by atoms with Crippen molar-refractivity contribution in [3.8, 4) is 11.4 Å². The maximum atomic E-state index is 5.20. The van der Waals surface area contributed by atoms with Crippen LogP contribution in [0.3, 0.4) is 0 Å². The topological polar surface area (TPSA) is 47.0 Å². The van der Waals surface area contributed by atoms with E-state index in [-0.39, 0.29) is 0 Å². The average molecular weight is 285 g/mol. The van der Waals surface area contributed by atoms with E-state index in [2.05, 4.69) is 54.3 Å². The van der Waals surface area contributed by atoms with Crippen molar-refractivity contribution in [2.24, 2.45) is 0 Å². The summed E-state index contributed by atoms with van der Waals surface area (Å²) in [5, 5.41) is 3.32. The predicted molar refractivity (Wildman–Crippen MR) is 86.4 cm³/mol. The van der Waals surface area contributed by atoms with Gasteiger partial charge in [-0.05, 0) is 37.5 Å². The third-order valence-corrected chi connectivity index (χ3v) is 3.39. The molecule has 4 nitrogen and oxygen atoms in total. The van der Waals surface area contributed by atoms with Crippen molar-refractivity contribution in [3.63, 3.8) is 0 Å². The lowest BCUT2D eigenvalue weighted by atomic mass is 10.1. The van der Waals surface area contributed by atoms with Gasteiger partial charge in [0.25, 0.3) is 0 Å². The molecule has 0 aliphatic carbocycles. The summed E-state index contributed by atoms with van der Waals surface area (Å²) in [4.78, 5) is 9.21. The molecule has 0 spiro atoms. The van der Waals surface area contributed by atoms with Crippen molar-refractivity contribution in [2.75, 3.05) is 19.0 Å². The Bertz CT molecular complexity index is 611. The summed E-state index contributed by atoms with van der Waals surface area (Å²) in [6.07, 6.45) is 1.06. The van der Waals surface area contributed by atoms with E-state index in [1.54, 1.807) is 7.11 Å². The first kappa shape index (κ1) is 15.4. The molecule has 0 atom stereocenters. The van der Waals surface area contributed by atoms with Crippen LogP contribution in [0, 0.1) is 13.8 Å². The summed E-state index contributed by atoms with van der Waals surface area (Å²) in [7, 11) is 1.68. The van der Waals surface area contributed by atoms with Gasteiger partial charge in [0.1, 0.15) is 5.82 Å². The van der Waals surface area contributed by atoms with Gasteiger partial charge in [0.2, 0.25) is 0 Å². The Labute approximate surface area is 126 Å². The van der Waals surface area contributed by atoms with E-state index in [4.69, 9.17) is 4.74 Å². The number of hydrogen-bond acceptors (Lipinski definition) is 4. The summed E-state index contributed by atoms with van der Waals surface area (Å²) < 4.78 is 5.20. The number of aromatic nitrogens is 2. The zero-order chi connectivity index (χ0) is 15.2. The van der Waals surface area contributed by atoms with Crippen LogP contribution < -0.4 is 5.32 Å². The minimum absolute atomic E-state index is 0.487. The maximum absolute atomic E-state index is 5.20. The Hall–Kier alpha value is -1.94. The molecular weight excluding hydrogens is 262 g/mol. The van der Waals surface area contributed by atoms with Gasteiger partial charge in [-0.3, -0.25) is 0 Å². The van der Waals surface area contributed by atoms with Gasteiger partial charge in [0.15, 0.2) is 5.82 Å². The molecule has 0 aliphatic rings. The van der Waals surface area contributed by atoms with Crippen LogP contribution in [0.2, 0.25) is 0 Å². The lowest BCUT2D eigenvalue weighted by molar-refractivity contribution is 0.181. The number of hydrogen-bond donors (Lipinski definition) is 1. The summed E-state index contributed by atoms with van der Waals surface area (Å²) in [6, 6.07) is 8.25. The van der Waals surface area contributed by atoms with Crippen LogP contribution in [0.4, 0.5) is 5.82 Å². The number of ether oxygens (including phenoxy) is 1. The highest BCUT2D eigenvalue weighted by Gasteiger charge is 2.08. The minimum Gasteiger partial charge on any atom is -0.378 e. The molecule has 2 rings (SSSR count). The van der Waals surface area contributed by atoms with E-state index < -0.39 is 0 Å². The first-order valence-corrected chi connectivity index (χ1v) is 7.32. The molecule has 0 unspecified atom stereocenters. The molecule has 2 aromatic rings. The summed E-state index contributed by atoms with van der Waals surface area (Å²) in [5.41, 5.74) is 4.45. The van der Waals surface area contributed by atoms with E-state index in [9.17, 15) is 0 Å². The Morgan fingerprint density at radius 2 is 1.90 bits per heavy atom. The predicted octanol–water partition coefficient (Wildman–Crippen LogP) is 3.73. The Morgan fingerprint density at radius 3 is 2.57 bits per heavy atom. The largest absolute Gasteiger partial charge is 0.378 e. The zero-order valence-corrected chi connectivity index (χ0v) is 13.2. The fraction of sp³-hybridized carbons (Fsp3) is 0.412. The smallest absolute Gasteiger partial charge is 0.161 e. The highest BCUT2D eigenvalue weighted by Crippen LogP contribution is 2.21. The van der Waals surface area contributed by atoms with Crippen LogP contribution in [-0.2, 0) is 11.3 Å². The lowest BCUT2D eigenvalue weighted by Crippen LogP contribution is -2.06. The number of methoxy groups -OCH3 is 1. The molecule has 0 amide bonds. The molecule has 1 heterocycles. The van der Waals surface area contributed by atoms with E-state index in [1.807, 2.05) is 6.07 Å². The van der Waals surface area contributed by atoms with Crippen LogP contribution >= 0.6 is 0 Å². The van der Waals surface area contributed by atoms with Gasteiger partial charge < -0.3 is 10.1 Å². The Morgan fingerprint density at radius 1 is 1.10 bits per heavy atom. The summed E-state index contributed by atoms with van der Waals surface area (Å²) in [5.74, 6) is 1.60. The van der Waals surface area contributed by atoms with Gasteiger partial charge in [0, 0.05) is 25.3 Å². The average Bonchev–Trinajstić information content (AvgIpc) is 2.48. The van der Waals surface area contributed by atoms with Crippen LogP contribution in [0.15, 0.2) is 24.3 Å². The van der Waals surface area contributed by atoms with Gasteiger partial charge in [-0.25, -0.2) is 9.97 Å². The van der Waals surface area contributed by atoms with Crippen molar-refractivity contribution in [1.29, 1.82) is 0 Å². The lowest BCUT2D eigenvalue weighted by Gasteiger charge is -2.10. The Kier molecular flexibility index (Phi) is 5.28. The quantitative estimate of drug-likeness (QED) is 0.878. The van der Waals surface area contributed by atoms with Gasteiger partial charge in [-0.2, -0.15) is 0 Å². The molecular formula is C17H23N3O. The van der Waals surface area contributed by atoms with Crippen molar-refractivity contribution in [1.82, 2.24) is 9.97 Å². The minimum atomic E-state index is 0.487. The van der Waals surface area contributed by atoms with E-state index in [0.717, 1.165) is 35.9 Å². The van der Waals surface area contributed by atoms with Crippen LogP contribution in [0.1, 0.15) is 30.2 Å². The molecule has 0 fully saturated rings. The highest BCUT2D eigenvalue weighted by molar-refractivity contribution is 5.59. The number of aryl methyl sites for hydroxylation is 2. The molecule has 0 saturated carbocycles. The zero-order valence-electron chi connectivity index (χ0n) is 13.2. The fourth-order valence-electron chi connectivity index (χ4n) is 2.07. The molecule has 112 valence electrons. The third kappa shape index (κ3) is 4.02. The number of benzene rings is 1. The molecule has 0 aliphatic heterocycles. The first-order valence-electron chi connectivity index (χ1n) is 7.32. The molecule has 21 heavy (non-hydrogen) atoms. The highest BCUT2D eigenvalue weighted by atomic mass is 16.5. The van der Waals surface area contributed by atoms with Crippen molar-refractivity contribution >= 4 is 5.82 Å². The second-order valence-corrected chi connectivity index (χ2v) is 5.23. The van der Waals surface area contributed by atoms with E-state index in [1.165, 1.54) is 11.1 Å². The number of nitrogens with one attached hydrogen (secondary N) is 1. The summed E-state index contributed by atoms with van der Waals surface area (Å²) in [6.45, 7) is 7.73. The molecule has 0 saturated heterocycles. The normalized spacial score (nSPS) is 10.7.